The van der Waals surface area contributed by atoms with E-state index in [2.05, 4.69) is 5.32 Å². The van der Waals surface area contributed by atoms with Crippen LogP contribution in [0.15, 0.2) is 24.3 Å². The molecule has 0 heterocycles. The monoisotopic (exact) mass is 226 g/mol. The van der Waals surface area contributed by atoms with Crippen LogP contribution in [-0.2, 0) is 4.79 Å². The third-order valence-corrected chi connectivity index (χ3v) is 2.31. The van der Waals surface area contributed by atoms with Crippen LogP contribution in [0.3, 0.4) is 0 Å². The molecule has 0 saturated carbocycles. The van der Waals surface area contributed by atoms with Gasteiger partial charge in [0.25, 0.3) is 0 Å². The van der Waals surface area contributed by atoms with Gasteiger partial charge >= 0.3 is 5.97 Å². The molecule has 0 amide bonds. The largest absolute Gasteiger partial charge is 0.480 e. The van der Waals surface area contributed by atoms with Crippen molar-refractivity contribution in [1.29, 1.82) is 0 Å². The number of rotatable bonds is 5. The number of aliphatic carboxylic acids is 1. The van der Waals surface area contributed by atoms with E-state index in [1.54, 1.807) is 12.1 Å². The van der Waals surface area contributed by atoms with Gasteiger partial charge in [0.1, 0.15) is 11.9 Å². The van der Waals surface area contributed by atoms with E-state index in [1.807, 2.05) is 6.92 Å². The predicted molar refractivity (Wildman–Crippen MR) is 58.4 cm³/mol. The Hall–Kier alpha value is -1.46. The molecule has 4 nitrogen and oxygen atoms in total. The molecular weight excluding hydrogens is 211 g/mol. The van der Waals surface area contributed by atoms with Crippen LogP contribution in [-0.4, -0.2) is 23.7 Å². The van der Waals surface area contributed by atoms with Crippen LogP contribution in [0, 0.1) is 5.82 Å². The van der Waals surface area contributed by atoms with E-state index < -0.39 is 12.0 Å². The van der Waals surface area contributed by atoms with Gasteiger partial charge in [-0.05, 0) is 24.6 Å². The Bertz CT molecular complexity index is 371. The van der Waals surface area contributed by atoms with Crippen molar-refractivity contribution in [2.45, 2.75) is 19.0 Å². The quantitative estimate of drug-likeness (QED) is 0.697. The molecular formula is C11H15FN2O2. The molecule has 16 heavy (non-hydrogen) atoms. The third kappa shape index (κ3) is 3.60. The van der Waals surface area contributed by atoms with E-state index >= 15 is 0 Å². The van der Waals surface area contributed by atoms with Crippen LogP contribution < -0.4 is 11.1 Å². The average molecular weight is 226 g/mol. The second-order valence-corrected chi connectivity index (χ2v) is 3.63. The minimum atomic E-state index is -1.06. The highest BCUT2D eigenvalue weighted by Crippen LogP contribution is 2.12. The molecule has 0 aliphatic heterocycles. The molecule has 0 aliphatic carbocycles. The molecule has 2 unspecified atom stereocenters. The van der Waals surface area contributed by atoms with E-state index in [9.17, 15) is 9.18 Å². The molecule has 0 aliphatic rings. The van der Waals surface area contributed by atoms with Crippen molar-refractivity contribution >= 4 is 5.97 Å². The summed E-state index contributed by atoms with van der Waals surface area (Å²) in [5, 5.41) is 11.5. The second-order valence-electron chi connectivity index (χ2n) is 3.63. The van der Waals surface area contributed by atoms with Crippen molar-refractivity contribution in [2.75, 3.05) is 6.54 Å². The highest BCUT2D eigenvalue weighted by molar-refractivity contribution is 5.73. The number of halogens is 1. The predicted octanol–water partition coefficient (Wildman–Crippen LogP) is 0.888. The Labute approximate surface area is 93.3 Å². The van der Waals surface area contributed by atoms with E-state index in [0.29, 0.717) is 0 Å². The van der Waals surface area contributed by atoms with Crippen molar-refractivity contribution in [3.8, 4) is 0 Å². The summed E-state index contributed by atoms with van der Waals surface area (Å²) in [5.74, 6) is -1.37. The maximum Gasteiger partial charge on any atom is 0.321 e. The van der Waals surface area contributed by atoms with E-state index in [-0.39, 0.29) is 18.4 Å². The van der Waals surface area contributed by atoms with Crippen molar-refractivity contribution in [3.05, 3.63) is 35.6 Å². The molecule has 2 atom stereocenters. The molecule has 1 aromatic rings. The fourth-order valence-electron chi connectivity index (χ4n) is 1.28. The summed E-state index contributed by atoms with van der Waals surface area (Å²) >= 11 is 0. The van der Waals surface area contributed by atoms with Gasteiger partial charge in [-0.15, -0.1) is 0 Å². The van der Waals surface area contributed by atoms with Crippen molar-refractivity contribution in [1.82, 2.24) is 5.32 Å². The number of nitrogens with one attached hydrogen (secondary N) is 1. The average Bonchev–Trinajstić information content (AvgIpc) is 2.25. The third-order valence-electron chi connectivity index (χ3n) is 2.31. The molecule has 1 rings (SSSR count). The minimum Gasteiger partial charge on any atom is -0.480 e. The molecule has 0 spiro atoms. The summed E-state index contributed by atoms with van der Waals surface area (Å²) in [7, 11) is 0. The molecule has 0 bridgehead atoms. The zero-order chi connectivity index (χ0) is 12.1. The van der Waals surface area contributed by atoms with Gasteiger partial charge in [-0.1, -0.05) is 12.1 Å². The highest BCUT2D eigenvalue weighted by Gasteiger charge is 2.13. The van der Waals surface area contributed by atoms with Gasteiger partial charge in [-0.3, -0.25) is 4.79 Å². The van der Waals surface area contributed by atoms with Gasteiger partial charge in [0.15, 0.2) is 0 Å². The Kier molecular flexibility index (Phi) is 4.39. The summed E-state index contributed by atoms with van der Waals surface area (Å²) in [6.07, 6.45) is 0. The lowest BCUT2D eigenvalue weighted by Gasteiger charge is -2.15. The van der Waals surface area contributed by atoms with Gasteiger partial charge in [-0.2, -0.15) is 0 Å². The van der Waals surface area contributed by atoms with Crippen LogP contribution >= 0.6 is 0 Å². The molecule has 88 valence electrons. The second kappa shape index (κ2) is 5.58. The number of carboxylic acid groups (broad SMARTS) is 1. The number of nitrogens with two attached hydrogens (primary N) is 1. The maximum absolute atomic E-state index is 12.9. The van der Waals surface area contributed by atoms with Crippen LogP contribution in [0.25, 0.3) is 0 Å². The molecule has 4 N–H and O–H groups in total. The zero-order valence-corrected chi connectivity index (χ0v) is 8.98. The normalized spacial score (nSPS) is 14.4. The van der Waals surface area contributed by atoms with E-state index in [0.717, 1.165) is 5.56 Å². The Balaban J connectivity index is 2.52. The number of hydrogen-bond acceptors (Lipinski definition) is 3. The Morgan fingerprint density at radius 1 is 1.62 bits per heavy atom. The zero-order valence-electron chi connectivity index (χ0n) is 8.98. The fraction of sp³-hybridized carbons (Fsp3) is 0.364. The van der Waals surface area contributed by atoms with E-state index in [4.69, 9.17) is 10.8 Å². The number of carbonyl (C=O) groups is 1. The molecule has 0 radical (unpaired) electrons. The SMILES string of the molecule is CC(NCC(N)C(=O)O)c1cccc(F)c1. The lowest BCUT2D eigenvalue weighted by atomic mass is 10.1. The topological polar surface area (TPSA) is 75.3 Å². The molecule has 0 fully saturated rings. The highest BCUT2D eigenvalue weighted by atomic mass is 19.1. The van der Waals surface area contributed by atoms with Crippen molar-refractivity contribution < 1.29 is 14.3 Å². The van der Waals surface area contributed by atoms with Crippen LogP contribution in [0.4, 0.5) is 4.39 Å². The van der Waals surface area contributed by atoms with Crippen LogP contribution in [0.5, 0.6) is 0 Å². The lowest BCUT2D eigenvalue weighted by Crippen LogP contribution is -2.41. The number of benzene rings is 1. The van der Waals surface area contributed by atoms with Crippen molar-refractivity contribution in [2.24, 2.45) is 5.73 Å². The summed E-state index contributed by atoms with van der Waals surface area (Å²) < 4.78 is 12.9. The molecule has 0 saturated heterocycles. The first-order valence-corrected chi connectivity index (χ1v) is 4.98. The maximum atomic E-state index is 12.9. The number of carboxylic acids is 1. The van der Waals surface area contributed by atoms with Gasteiger partial charge in [-0.25, -0.2) is 4.39 Å². The van der Waals surface area contributed by atoms with Gasteiger partial charge in [0.05, 0.1) is 0 Å². The summed E-state index contributed by atoms with van der Waals surface area (Å²) in [4.78, 5) is 10.5. The summed E-state index contributed by atoms with van der Waals surface area (Å²) in [6, 6.07) is 5.06. The van der Waals surface area contributed by atoms with Gasteiger partial charge in [0.2, 0.25) is 0 Å². The van der Waals surface area contributed by atoms with Crippen LogP contribution in [0.1, 0.15) is 18.5 Å². The first-order valence-electron chi connectivity index (χ1n) is 4.98. The summed E-state index contributed by atoms with van der Waals surface area (Å²) in [5.41, 5.74) is 6.10. The molecule has 1 aromatic carbocycles. The van der Waals surface area contributed by atoms with Crippen molar-refractivity contribution in [3.63, 3.8) is 0 Å². The lowest BCUT2D eigenvalue weighted by molar-refractivity contribution is -0.138. The Morgan fingerprint density at radius 3 is 2.88 bits per heavy atom. The summed E-state index contributed by atoms with van der Waals surface area (Å²) in [6.45, 7) is 1.97. The first-order chi connectivity index (χ1) is 7.50. The standard InChI is InChI=1S/C11H15FN2O2/c1-7(14-6-10(13)11(15)16)8-3-2-4-9(12)5-8/h2-5,7,10,14H,6,13H2,1H3,(H,15,16). The molecule has 5 heteroatoms. The fourth-order valence-corrected chi connectivity index (χ4v) is 1.28. The minimum absolute atomic E-state index is 0.138. The van der Waals surface area contributed by atoms with E-state index in [1.165, 1.54) is 12.1 Å². The molecule has 0 aromatic heterocycles. The number of hydrogen-bond donors (Lipinski definition) is 3. The smallest absolute Gasteiger partial charge is 0.321 e. The van der Waals surface area contributed by atoms with Crippen LogP contribution in [0.2, 0.25) is 0 Å². The van der Waals surface area contributed by atoms with Gasteiger partial charge < -0.3 is 16.2 Å². The first kappa shape index (κ1) is 12.6. The van der Waals surface area contributed by atoms with Gasteiger partial charge in [0, 0.05) is 12.6 Å². The Morgan fingerprint density at radius 2 is 2.31 bits per heavy atom.